The Hall–Kier alpha value is -2.67. The molecule has 0 heterocycles. The molecule has 2 aromatic carbocycles. The SMILES string of the molecule is Cc1cc(O)ccc1NC(C)c1ccc(OCC#N)cc1. The van der Waals surface area contributed by atoms with Crippen LogP contribution >= 0.6 is 0 Å². The number of ether oxygens (including phenoxy) is 1. The average Bonchev–Trinajstić information content (AvgIpc) is 2.48. The van der Waals surface area contributed by atoms with Gasteiger partial charge in [-0.3, -0.25) is 0 Å². The monoisotopic (exact) mass is 282 g/mol. The normalized spacial score (nSPS) is 11.5. The number of hydrogen-bond acceptors (Lipinski definition) is 4. The Morgan fingerprint density at radius 2 is 1.95 bits per heavy atom. The topological polar surface area (TPSA) is 65.3 Å². The van der Waals surface area contributed by atoms with Gasteiger partial charge in [0.05, 0.1) is 0 Å². The van der Waals surface area contributed by atoms with Crippen LogP contribution in [-0.4, -0.2) is 11.7 Å². The zero-order valence-electron chi connectivity index (χ0n) is 12.1. The van der Waals surface area contributed by atoms with Crippen LogP contribution in [0.1, 0.15) is 24.1 Å². The third kappa shape index (κ3) is 3.90. The van der Waals surface area contributed by atoms with Crippen LogP contribution < -0.4 is 10.1 Å². The lowest BCUT2D eigenvalue weighted by Gasteiger charge is -2.18. The fraction of sp³-hybridized carbons (Fsp3) is 0.235. The molecule has 21 heavy (non-hydrogen) atoms. The lowest BCUT2D eigenvalue weighted by atomic mass is 10.1. The number of aryl methyl sites for hydroxylation is 1. The molecule has 0 fully saturated rings. The van der Waals surface area contributed by atoms with E-state index < -0.39 is 0 Å². The highest BCUT2D eigenvalue weighted by Gasteiger charge is 2.07. The van der Waals surface area contributed by atoms with Crippen molar-refractivity contribution in [3.05, 3.63) is 53.6 Å². The van der Waals surface area contributed by atoms with Crippen LogP contribution in [0, 0.1) is 18.3 Å². The molecule has 0 bridgehead atoms. The zero-order chi connectivity index (χ0) is 15.2. The average molecular weight is 282 g/mol. The zero-order valence-corrected chi connectivity index (χ0v) is 12.1. The molecular weight excluding hydrogens is 264 g/mol. The minimum Gasteiger partial charge on any atom is -0.508 e. The van der Waals surface area contributed by atoms with Crippen molar-refractivity contribution in [2.45, 2.75) is 19.9 Å². The van der Waals surface area contributed by atoms with Crippen LogP contribution in [0.15, 0.2) is 42.5 Å². The van der Waals surface area contributed by atoms with Gasteiger partial charge in [0.25, 0.3) is 0 Å². The van der Waals surface area contributed by atoms with Crippen molar-refractivity contribution in [1.29, 1.82) is 5.26 Å². The second-order valence-electron chi connectivity index (χ2n) is 4.88. The van der Waals surface area contributed by atoms with Crippen molar-refractivity contribution >= 4 is 5.69 Å². The van der Waals surface area contributed by atoms with E-state index in [4.69, 9.17) is 10.00 Å². The molecule has 0 spiro atoms. The van der Waals surface area contributed by atoms with E-state index in [9.17, 15) is 5.11 Å². The molecule has 0 radical (unpaired) electrons. The number of phenols is 1. The molecule has 108 valence electrons. The Kier molecular flexibility index (Phi) is 4.68. The van der Waals surface area contributed by atoms with Crippen LogP contribution in [0.2, 0.25) is 0 Å². The first-order valence-corrected chi connectivity index (χ1v) is 6.76. The van der Waals surface area contributed by atoms with Gasteiger partial charge in [0.2, 0.25) is 0 Å². The molecule has 0 aliphatic rings. The molecule has 1 atom stereocenters. The fourth-order valence-electron chi connectivity index (χ4n) is 2.09. The molecule has 0 saturated heterocycles. The van der Waals surface area contributed by atoms with Crippen LogP contribution in [0.4, 0.5) is 5.69 Å². The molecule has 0 saturated carbocycles. The highest BCUT2D eigenvalue weighted by Crippen LogP contribution is 2.25. The minimum absolute atomic E-state index is 0.0554. The van der Waals surface area contributed by atoms with Crippen LogP contribution in [-0.2, 0) is 0 Å². The van der Waals surface area contributed by atoms with Gasteiger partial charge < -0.3 is 15.2 Å². The Labute approximate surface area is 124 Å². The van der Waals surface area contributed by atoms with Crippen molar-refractivity contribution in [2.75, 3.05) is 11.9 Å². The Morgan fingerprint density at radius 3 is 2.57 bits per heavy atom. The minimum atomic E-state index is 0.0554. The number of nitriles is 1. The van der Waals surface area contributed by atoms with Crippen LogP contribution in [0.25, 0.3) is 0 Å². The van der Waals surface area contributed by atoms with Gasteiger partial charge in [-0.25, -0.2) is 0 Å². The molecule has 0 aromatic heterocycles. The second-order valence-corrected chi connectivity index (χ2v) is 4.88. The second kappa shape index (κ2) is 6.67. The maximum absolute atomic E-state index is 9.43. The van der Waals surface area contributed by atoms with E-state index in [-0.39, 0.29) is 18.4 Å². The molecule has 2 aromatic rings. The molecule has 4 heteroatoms. The van der Waals surface area contributed by atoms with Gasteiger partial charge in [-0.2, -0.15) is 5.26 Å². The third-order valence-corrected chi connectivity index (χ3v) is 3.27. The molecule has 0 aliphatic heterocycles. The van der Waals surface area contributed by atoms with Gasteiger partial charge in [-0.15, -0.1) is 0 Å². The van der Waals surface area contributed by atoms with E-state index >= 15 is 0 Å². The fourth-order valence-corrected chi connectivity index (χ4v) is 2.09. The van der Waals surface area contributed by atoms with Crippen LogP contribution in [0.3, 0.4) is 0 Å². The lowest BCUT2D eigenvalue weighted by Crippen LogP contribution is -2.07. The number of benzene rings is 2. The van der Waals surface area contributed by atoms with Crippen molar-refractivity contribution < 1.29 is 9.84 Å². The summed E-state index contributed by atoms with van der Waals surface area (Å²) < 4.78 is 5.23. The quantitative estimate of drug-likeness (QED) is 0.819. The van der Waals surface area contributed by atoms with E-state index in [0.717, 1.165) is 16.8 Å². The lowest BCUT2D eigenvalue weighted by molar-refractivity contribution is 0.368. The Morgan fingerprint density at radius 1 is 1.24 bits per heavy atom. The summed E-state index contributed by atoms with van der Waals surface area (Å²) in [5.41, 5.74) is 3.10. The van der Waals surface area contributed by atoms with Crippen molar-refractivity contribution in [1.82, 2.24) is 0 Å². The first kappa shape index (κ1) is 14.7. The molecule has 1 unspecified atom stereocenters. The number of aromatic hydroxyl groups is 1. The third-order valence-electron chi connectivity index (χ3n) is 3.27. The summed E-state index contributed by atoms with van der Waals surface area (Å²) in [6, 6.07) is 15.0. The summed E-state index contributed by atoms with van der Waals surface area (Å²) in [6.07, 6.45) is 0. The van der Waals surface area contributed by atoms with Gasteiger partial charge >= 0.3 is 0 Å². The molecule has 0 amide bonds. The molecule has 0 aliphatic carbocycles. The van der Waals surface area contributed by atoms with Gasteiger partial charge in [-0.05, 0) is 55.3 Å². The highest BCUT2D eigenvalue weighted by atomic mass is 16.5. The predicted octanol–water partition coefficient (Wildman–Crippen LogP) is 3.78. The first-order chi connectivity index (χ1) is 10.1. The standard InChI is InChI=1S/C17H18N2O2/c1-12-11-15(20)5-8-17(12)19-13(2)14-3-6-16(7-4-14)21-10-9-18/h3-8,11,13,19-20H,10H2,1-2H3. The van der Waals surface area contributed by atoms with Crippen molar-refractivity contribution in [2.24, 2.45) is 0 Å². The molecule has 2 rings (SSSR count). The Balaban J connectivity index is 2.06. The van der Waals surface area contributed by atoms with Gasteiger partial charge in [-0.1, -0.05) is 12.1 Å². The van der Waals surface area contributed by atoms with E-state index in [1.165, 1.54) is 0 Å². The first-order valence-electron chi connectivity index (χ1n) is 6.76. The number of phenolic OH excluding ortho intramolecular Hbond substituents is 1. The summed E-state index contributed by atoms with van der Waals surface area (Å²) in [6.45, 7) is 4.07. The summed E-state index contributed by atoms with van der Waals surface area (Å²) in [7, 11) is 0. The molecule has 2 N–H and O–H groups in total. The van der Waals surface area contributed by atoms with Gasteiger partial charge in [0.15, 0.2) is 6.61 Å². The number of rotatable bonds is 5. The summed E-state index contributed by atoms with van der Waals surface area (Å²) in [5, 5.41) is 21.3. The molecular formula is C17H18N2O2. The summed E-state index contributed by atoms with van der Waals surface area (Å²) >= 11 is 0. The smallest absolute Gasteiger partial charge is 0.174 e. The molecule has 4 nitrogen and oxygen atoms in total. The van der Waals surface area contributed by atoms with E-state index in [0.29, 0.717) is 5.75 Å². The van der Waals surface area contributed by atoms with E-state index in [2.05, 4.69) is 12.2 Å². The Bertz CT molecular complexity index is 645. The van der Waals surface area contributed by atoms with E-state index in [1.54, 1.807) is 12.1 Å². The van der Waals surface area contributed by atoms with E-state index in [1.807, 2.05) is 43.3 Å². The maximum Gasteiger partial charge on any atom is 0.174 e. The largest absolute Gasteiger partial charge is 0.508 e. The summed E-state index contributed by atoms with van der Waals surface area (Å²) in [4.78, 5) is 0. The maximum atomic E-state index is 9.43. The number of nitrogens with one attached hydrogen (secondary N) is 1. The van der Waals surface area contributed by atoms with Crippen LogP contribution in [0.5, 0.6) is 11.5 Å². The van der Waals surface area contributed by atoms with Crippen molar-refractivity contribution in [3.63, 3.8) is 0 Å². The van der Waals surface area contributed by atoms with Gasteiger partial charge in [0.1, 0.15) is 17.6 Å². The van der Waals surface area contributed by atoms with Gasteiger partial charge in [0, 0.05) is 11.7 Å². The highest BCUT2D eigenvalue weighted by molar-refractivity contribution is 5.54. The predicted molar refractivity (Wildman–Crippen MR) is 82.4 cm³/mol. The number of anilines is 1. The van der Waals surface area contributed by atoms with Crippen molar-refractivity contribution in [3.8, 4) is 17.6 Å². The summed E-state index contributed by atoms with van der Waals surface area (Å²) in [5.74, 6) is 0.956. The number of hydrogen-bond donors (Lipinski definition) is 2. The number of nitrogens with zero attached hydrogens (tertiary/aromatic N) is 1.